The van der Waals surface area contributed by atoms with Crippen LogP contribution in [0.2, 0.25) is 0 Å². The van der Waals surface area contributed by atoms with Gasteiger partial charge in [0.25, 0.3) is 0 Å². The number of carbonyl (C=O) groups excluding carboxylic acids is 1. The van der Waals surface area contributed by atoms with E-state index in [1.807, 2.05) is 25.2 Å². The van der Waals surface area contributed by atoms with E-state index in [4.69, 9.17) is 0 Å². The highest BCUT2D eigenvalue weighted by Crippen LogP contribution is 2.04. The molecule has 0 aliphatic heterocycles. The number of hydrogen-bond donors (Lipinski definition) is 0. The molecule has 0 unspecified atom stereocenters. The Morgan fingerprint density at radius 2 is 2.00 bits per heavy atom. The summed E-state index contributed by atoms with van der Waals surface area (Å²) in [5, 5.41) is 0. The van der Waals surface area contributed by atoms with Crippen molar-refractivity contribution in [2.75, 3.05) is 0 Å². The van der Waals surface area contributed by atoms with Crippen molar-refractivity contribution >= 4 is 6.29 Å². The van der Waals surface area contributed by atoms with Gasteiger partial charge in [-0.1, -0.05) is 29.9 Å². The number of carbonyl (C=O) groups is 1. The highest BCUT2D eigenvalue weighted by atomic mass is 16.1. The van der Waals surface area contributed by atoms with Gasteiger partial charge in [-0.15, -0.1) is 6.58 Å². The van der Waals surface area contributed by atoms with Crippen molar-refractivity contribution in [3.05, 3.63) is 48.1 Å². The van der Waals surface area contributed by atoms with Gasteiger partial charge < -0.3 is 0 Å². The molecule has 0 aromatic carbocycles. The van der Waals surface area contributed by atoms with Crippen molar-refractivity contribution in [3.8, 4) is 0 Å². The fourth-order valence-corrected chi connectivity index (χ4v) is 0.940. The van der Waals surface area contributed by atoms with Crippen molar-refractivity contribution < 1.29 is 4.79 Å². The maximum atomic E-state index is 10.1. The Labute approximate surface area is 86.5 Å². The van der Waals surface area contributed by atoms with E-state index in [2.05, 4.69) is 19.6 Å². The normalized spacial score (nSPS) is 13.3. The summed E-state index contributed by atoms with van der Waals surface area (Å²) in [6, 6.07) is 0. The lowest BCUT2D eigenvalue weighted by molar-refractivity contribution is -0.104. The molecule has 0 heterocycles. The molecule has 14 heavy (non-hydrogen) atoms. The molecule has 0 amide bonds. The summed E-state index contributed by atoms with van der Waals surface area (Å²) in [4.78, 5) is 10.1. The molecule has 0 saturated heterocycles. The topological polar surface area (TPSA) is 17.1 Å². The zero-order chi connectivity index (χ0) is 10.8. The standard InChI is InChI=1S/C13H18O/c1-4-5-7-12(2)8-6-9-13(3)10-11-14/h4,6,8-11H,1,5,7H2,2-3H3/b9-6+,12-8+,13-10-. The third-order valence-corrected chi connectivity index (χ3v) is 1.81. The van der Waals surface area contributed by atoms with Crippen molar-refractivity contribution in [1.29, 1.82) is 0 Å². The molecule has 0 spiro atoms. The minimum absolute atomic E-state index is 0.800. The lowest BCUT2D eigenvalue weighted by atomic mass is 10.1. The minimum atomic E-state index is 0.800. The number of allylic oxidation sites excluding steroid dienone is 7. The summed E-state index contributed by atoms with van der Waals surface area (Å²) < 4.78 is 0. The van der Waals surface area contributed by atoms with Crippen LogP contribution in [0.15, 0.2) is 48.1 Å². The molecule has 1 nitrogen and oxygen atoms in total. The molecule has 0 fully saturated rings. The summed E-state index contributed by atoms with van der Waals surface area (Å²) in [7, 11) is 0. The predicted molar refractivity (Wildman–Crippen MR) is 62.1 cm³/mol. The smallest absolute Gasteiger partial charge is 0.143 e. The Morgan fingerprint density at radius 3 is 2.57 bits per heavy atom. The molecular formula is C13H18O. The molecule has 0 aromatic rings. The average molecular weight is 190 g/mol. The first-order chi connectivity index (χ1) is 6.70. The molecule has 1 heteroatoms. The van der Waals surface area contributed by atoms with E-state index < -0.39 is 0 Å². The third kappa shape index (κ3) is 7.29. The molecule has 0 radical (unpaired) electrons. The van der Waals surface area contributed by atoms with Crippen LogP contribution in [0.25, 0.3) is 0 Å². The van der Waals surface area contributed by atoms with E-state index in [9.17, 15) is 4.79 Å². The van der Waals surface area contributed by atoms with Crippen molar-refractivity contribution in [2.45, 2.75) is 26.7 Å². The van der Waals surface area contributed by atoms with Crippen LogP contribution in [0.4, 0.5) is 0 Å². The molecule has 0 N–H and O–H groups in total. The van der Waals surface area contributed by atoms with E-state index in [0.29, 0.717) is 0 Å². The first-order valence-corrected chi connectivity index (χ1v) is 4.77. The summed E-state index contributed by atoms with van der Waals surface area (Å²) in [5.74, 6) is 0. The second kappa shape index (κ2) is 8.24. The van der Waals surface area contributed by atoms with Crippen LogP contribution >= 0.6 is 0 Å². The van der Waals surface area contributed by atoms with E-state index in [1.165, 1.54) is 5.57 Å². The van der Waals surface area contributed by atoms with Crippen LogP contribution in [-0.2, 0) is 4.79 Å². The Kier molecular flexibility index (Phi) is 7.43. The zero-order valence-electron chi connectivity index (χ0n) is 8.99. The molecule has 0 aromatic heterocycles. The van der Waals surface area contributed by atoms with Gasteiger partial charge in [-0.3, -0.25) is 4.79 Å². The molecule has 0 rings (SSSR count). The van der Waals surface area contributed by atoms with Crippen LogP contribution in [0.3, 0.4) is 0 Å². The minimum Gasteiger partial charge on any atom is -0.299 e. The lowest BCUT2D eigenvalue weighted by Crippen LogP contribution is -1.74. The Morgan fingerprint density at radius 1 is 1.29 bits per heavy atom. The van der Waals surface area contributed by atoms with Crippen LogP contribution in [-0.4, -0.2) is 6.29 Å². The molecular weight excluding hydrogens is 172 g/mol. The highest BCUT2D eigenvalue weighted by molar-refractivity contribution is 5.66. The monoisotopic (exact) mass is 190 g/mol. The van der Waals surface area contributed by atoms with Gasteiger partial charge in [0, 0.05) is 0 Å². The van der Waals surface area contributed by atoms with Gasteiger partial charge in [-0.25, -0.2) is 0 Å². The largest absolute Gasteiger partial charge is 0.299 e. The Hall–Kier alpha value is -1.37. The fourth-order valence-electron chi connectivity index (χ4n) is 0.940. The number of rotatable bonds is 6. The first-order valence-electron chi connectivity index (χ1n) is 4.77. The van der Waals surface area contributed by atoms with Gasteiger partial charge in [-0.05, 0) is 38.3 Å². The van der Waals surface area contributed by atoms with Crippen LogP contribution in [0, 0.1) is 0 Å². The molecule has 0 atom stereocenters. The van der Waals surface area contributed by atoms with Crippen LogP contribution in [0.1, 0.15) is 26.7 Å². The molecule has 76 valence electrons. The quantitative estimate of drug-likeness (QED) is 0.271. The van der Waals surface area contributed by atoms with Crippen LogP contribution in [0.5, 0.6) is 0 Å². The molecule has 0 saturated carbocycles. The first kappa shape index (κ1) is 12.6. The van der Waals surface area contributed by atoms with Crippen molar-refractivity contribution in [2.24, 2.45) is 0 Å². The van der Waals surface area contributed by atoms with Gasteiger partial charge in [0.05, 0.1) is 0 Å². The van der Waals surface area contributed by atoms with Crippen LogP contribution < -0.4 is 0 Å². The Balaban J connectivity index is 4.06. The number of hydrogen-bond acceptors (Lipinski definition) is 1. The summed E-state index contributed by atoms with van der Waals surface area (Å²) in [5.41, 5.74) is 2.29. The predicted octanol–water partition coefficient (Wildman–Crippen LogP) is 3.60. The second-order valence-corrected chi connectivity index (χ2v) is 3.25. The second-order valence-electron chi connectivity index (χ2n) is 3.25. The van der Waals surface area contributed by atoms with Crippen molar-refractivity contribution in [1.82, 2.24) is 0 Å². The van der Waals surface area contributed by atoms with Gasteiger partial charge >= 0.3 is 0 Å². The van der Waals surface area contributed by atoms with Crippen molar-refractivity contribution in [3.63, 3.8) is 0 Å². The Bertz CT molecular complexity index is 267. The van der Waals surface area contributed by atoms with E-state index in [0.717, 1.165) is 24.7 Å². The third-order valence-electron chi connectivity index (χ3n) is 1.81. The maximum absolute atomic E-state index is 10.1. The molecule has 0 bridgehead atoms. The van der Waals surface area contributed by atoms with E-state index in [1.54, 1.807) is 6.08 Å². The zero-order valence-corrected chi connectivity index (χ0v) is 8.99. The van der Waals surface area contributed by atoms with Gasteiger partial charge in [0.1, 0.15) is 6.29 Å². The SMILES string of the molecule is C=CCC/C(C)=C/C=C/C(C)=C\C=O. The van der Waals surface area contributed by atoms with Gasteiger partial charge in [0.15, 0.2) is 0 Å². The van der Waals surface area contributed by atoms with Gasteiger partial charge in [-0.2, -0.15) is 0 Å². The van der Waals surface area contributed by atoms with Gasteiger partial charge in [0.2, 0.25) is 0 Å². The van der Waals surface area contributed by atoms with E-state index >= 15 is 0 Å². The van der Waals surface area contributed by atoms with E-state index in [-0.39, 0.29) is 0 Å². The highest BCUT2D eigenvalue weighted by Gasteiger charge is 1.84. The summed E-state index contributed by atoms with van der Waals surface area (Å²) in [6.07, 6.45) is 12.3. The average Bonchev–Trinajstić information content (AvgIpc) is 2.15. The maximum Gasteiger partial charge on any atom is 0.143 e. The number of aldehydes is 1. The lowest BCUT2D eigenvalue weighted by Gasteiger charge is -1.94. The molecule has 0 aliphatic rings. The summed E-state index contributed by atoms with van der Waals surface area (Å²) in [6.45, 7) is 7.66. The molecule has 0 aliphatic carbocycles. The summed E-state index contributed by atoms with van der Waals surface area (Å²) >= 11 is 0. The fraction of sp³-hybridized carbons (Fsp3) is 0.308.